The third-order valence-corrected chi connectivity index (χ3v) is 4.19. The Morgan fingerprint density at radius 3 is 3.00 bits per heavy atom. The van der Waals surface area contributed by atoms with Crippen molar-refractivity contribution in [2.45, 2.75) is 32.7 Å². The summed E-state index contributed by atoms with van der Waals surface area (Å²) in [4.78, 5) is 30.4. The Labute approximate surface area is 151 Å². The summed E-state index contributed by atoms with van der Waals surface area (Å²) < 4.78 is 10.1. The van der Waals surface area contributed by atoms with E-state index in [1.165, 1.54) is 0 Å². The van der Waals surface area contributed by atoms with Crippen LogP contribution in [0, 0.1) is 6.92 Å². The van der Waals surface area contributed by atoms with Crippen LogP contribution in [0.1, 0.15) is 47.9 Å². The quantitative estimate of drug-likeness (QED) is 0.791. The molecule has 1 aliphatic rings. The minimum absolute atomic E-state index is 0.0546. The highest BCUT2D eigenvalue weighted by Gasteiger charge is 2.34. The predicted molar refractivity (Wildman–Crippen MR) is 93.6 cm³/mol. The normalized spacial score (nSPS) is 16.5. The van der Waals surface area contributed by atoms with Crippen molar-refractivity contribution in [3.8, 4) is 0 Å². The van der Waals surface area contributed by atoms with Crippen molar-refractivity contribution in [1.29, 1.82) is 0 Å². The molecule has 0 bridgehead atoms. The number of aryl methyl sites for hydroxylation is 1. The molecule has 1 unspecified atom stereocenters. The molecule has 26 heavy (non-hydrogen) atoms. The number of hydrogen-bond acceptors (Lipinski definition) is 7. The number of rotatable bonds is 6. The van der Waals surface area contributed by atoms with Crippen LogP contribution in [0.5, 0.6) is 0 Å². The van der Waals surface area contributed by atoms with E-state index in [0.717, 1.165) is 12.8 Å². The van der Waals surface area contributed by atoms with E-state index < -0.39 is 0 Å². The first-order valence-electron chi connectivity index (χ1n) is 8.69. The van der Waals surface area contributed by atoms with Crippen LogP contribution >= 0.6 is 0 Å². The van der Waals surface area contributed by atoms with E-state index in [2.05, 4.69) is 15.5 Å². The molecular weight excluding hydrogens is 336 g/mol. The van der Waals surface area contributed by atoms with E-state index in [0.29, 0.717) is 36.1 Å². The Balaban J connectivity index is 1.71. The van der Waals surface area contributed by atoms with Crippen molar-refractivity contribution in [2.24, 2.45) is 0 Å². The lowest BCUT2D eigenvalue weighted by molar-refractivity contribution is -0.140. The Morgan fingerprint density at radius 2 is 2.27 bits per heavy atom. The third-order valence-electron chi connectivity index (χ3n) is 4.19. The molecule has 0 saturated carbocycles. The number of likely N-dealkylation sites (tertiary alicyclic amines) is 1. The molecule has 8 heteroatoms. The van der Waals surface area contributed by atoms with Crippen molar-refractivity contribution >= 4 is 17.6 Å². The van der Waals surface area contributed by atoms with Gasteiger partial charge in [0.25, 0.3) is 5.91 Å². The van der Waals surface area contributed by atoms with Gasteiger partial charge in [0.1, 0.15) is 12.6 Å². The van der Waals surface area contributed by atoms with E-state index in [1.54, 1.807) is 43.0 Å². The topological polar surface area (TPSA) is 97.6 Å². The van der Waals surface area contributed by atoms with Crippen molar-refractivity contribution in [1.82, 2.24) is 15.0 Å². The average Bonchev–Trinajstić information content (AvgIpc) is 3.28. The average molecular weight is 358 g/mol. The summed E-state index contributed by atoms with van der Waals surface area (Å²) in [5, 5.41) is 6.80. The summed E-state index contributed by atoms with van der Waals surface area (Å²) in [6.45, 7) is 4.55. The molecule has 1 fully saturated rings. The number of nitrogens with one attached hydrogen (secondary N) is 1. The van der Waals surface area contributed by atoms with Crippen molar-refractivity contribution in [3.63, 3.8) is 0 Å². The van der Waals surface area contributed by atoms with Crippen LogP contribution in [-0.4, -0.2) is 46.6 Å². The number of anilines is 1. The van der Waals surface area contributed by atoms with Crippen LogP contribution in [0.25, 0.3) is 0 Å². The molecule has 2 heterocycles. The Kier molecular flexibility index (Phi) is 5.50. The minimum atomic E-state index is -0.337. The van der Waals surface area contributed by atoms with Crippen LogP contribution in [-0.2, 0) is 9.53 Å². The second-order valence-corrected chi connectivity index (χ2v) is 6.08. The number of ether oxygens (including phenoxy) is 1. The second-order valence-electron chi connectivity index (χ2n) is 6.08. The minimum Gasteiger partial charge on any atom is -0.465 e. The van der Waals surface area contributed by atoms with Crippen LogP contribution < -0.4 is 5.32 Å². The van der Waals surface area contributed by atoms with E-state index in [4.69, 9.17) is 9.26 Å². The van der Waals surface area contributed by atoms with Gasteiger partial charge in [-0.2, -0.15) is 4.98 Å². The lowest BCUT2D eigenvalue weighted by Crippen LogP contribution is -2.30. The van der Waals surface area contributed by atoms with Gasteiger partial charge in [-0.3, -0.25) is 9.59 Å². The van der Waals surface area contributed by atoms with E-state index in [1.807, 2.05) is 0 Å². The highest BCUT2D eigenvalue weighted by Crippen LogP contribution is 2.32. The van der Waals surface area contributed by atoms with Gasteiger partial charge >= 0.3 is 5.97 Å². The number of carbonyl (C=O) groups excluding carboxylic acids is 2. The van der Waals surface area contributed by atoms with Crippen LogP contribution in [0.15, 0.2) is 28.8 Å². The molecule has 0 spiro atoms. The first kappa shape index (κ1) is 17.9. The fourth-order valence-electron chi connectivity index (χ4n) is 3.03. The zero-order valence-electron chi connectivity index (χ0n) is 14.9. The molecule has 8 nitrogen and oxygen atoms in total. The molecule has 1 amide bonds. The summed E-state index contributed by atoms with van der Waals surface area (Å²) in [6, 6.07) is 6.88. The monoisotopic (exact) mass is 358 g/mol. The summed E-state index contributed by atoms with van der Waals surface area (Å²) in [7, 11) is 0. The highest BCUT2D eigenvalue weighted by atomic mass is 16.5. The Bertz CT molecular complexity index is 789. The Hall–Kier alpha value is -2.90. The zero-order valence-corrected chi connectivity index (χ0v) is 14.9. The lowest BCUT2D eigenvalue weighted by Gasteiger charge is -2.22. The van der Waals surface area contributed by atoms with E-state index in [-0.39, 0.29) is 24.5 Å². The van der Waals surface area contributed by atoms with Crippen LogP contribution in [0.3, 0.4) is 0 Å². The first-order valence-corrected chi connectivity index (χ1v) is 8.69. The maximum Gasteiger partial charge on any atom is 0.325 e. The molecule has 1 N–H and O–H groups in total. The molecule has 1 atom stereocenters. The molecular formula is C18H22N4O4. The van der Waals surface area contributed by atoms with E-state index in [9.17, 15) is 9.59 Å². The highest BCUT2D eigenvalue weighted by molar-refractivity contribution is 5.95. The third kappa shape index (κ3) is 4.01. The first-order chi connectivity index (χ1) is 12.6. The number of carbonyl (C=O) groups is 2. The van der Waals surface area contributed by atoms with E-state index >= 15 is 0 Å². The molecule has 1 aromatic carbocycles. The molecule has 0 radical (unpaired) electrons. The second kappa shape index (κ2) is 7.99. The molecule has 0 aliphatic carbocycles. The van der Waals surface area contributed by atoms with Gasteiger partial charge in [0, 0.05) is 17.8 Å². The molecule has 1 saturated heterocycles. The van der Waals surface area contributed by atoms with Crippen molar-refractivity contribution < 1.29 is 18.8 Å². The van der Waals surface area contributed by atoms with Gasteiger partial charge in [-0.05, 0) is 44.9 Å². The molecule has 138 valence electrons. The fraction of sp³-hybridized carbons (Fsp3) is 0.444. The Morgan fingerprint density at radius 1 is 1.42 bits per heavy atom. The van der Waals surface area contributed by atoms with Gasteiger partial charge in [-0.1, -0.05) is 11.2 Å². The van der Waals surface area contributed by atoms with Gasteiger partial charge in [0.05, 0.1) is 6.61 Å². The van der Waals surface area contributed by atoms with Gasteiger partial charge in [-0.25, -0.2) is 0 Å². The van der Waals surface area contributed by atoms with Crippen molar-refractivity contribution in [3.05, 3.63) is 41.5 Å². The summed E-state index contributed by atoms with van der Waals surface area (Å²) in [6.07, 6.45) is 1.69. The van der Waals surface area contributed by atoms with Gasteiger partial charge in [-0.15, -0.1) is 0 Å². The maximum absolute atomic E-state index is 12.9. The smallest absolute Gasteiger partial charge is 0.325 e. The molecule has 3 rings (SSSR count). The standard InChI is InChI=1S/C18H22N4O4/c1-3-25-16(23)11-19-14-7-4-6-13(10-14)18(24)22-9-5-8-15(22)17-20-12(2)21-26-17/h4,6-7,10,15,19H,3,5,8-9,11H2,1-2H3. The summed E-state index contributed by atoms with van der Waals surface area (Å²) in [5.41, 5.74) is 1.23. The maximum atomic E-state index is 12.9. The number of esters is 1. The van der Waals surface area contributed by atoms with Crippen LogP contribution in [0.4, 0.5) is 5.69 Å². The lowest BCUT2D eigenvalue weighted by atomic mass is 10.1. The van der Waals surface area contributed by atoms with Gasteiger partial charge < -0.3 is 19.5 Å². The molecule has 1 aromatic heterocycles. The zero-order chi connectivity index (χ0) is 18.5. The van der Waals surface area contributed by atoms with Gasteiger partial charge in [0.15, 0.2) is 5.82 Å². The number of hydrogen-bond donors (Lipinski definition) is 1. The van der Waals surface area contributed by atoms with Crippen molar-refractivity contribution in [2.75, 3.05) is 25.0 Å². The summed E-state index contributed by atoms with van der Waals surface area (Å²) in [5.74, 6) is 0.605. The van der Waals surface area contributed by atoms with Crippen LogP contribution in [0.2, 0.25) is 0 Å². The number of aromatic nitrogens is 2. The van der Waals surface area contributed by atoms with Gasteiger partial charge in [0.2, 0.25) is 5.89 Å². The molecule has 2 aromatic rings. The number of nitrogens with zero attached hydrogens (tertiary/aromatic N) is 3. The SMILES string of the molecule is CCOC(=O)CNc1cccc(C(=O)N2CCCC2c2nc(C)no2)c1. The largest absolute Gasteiger partial charge is 0.465 e. The summed E-state index contributed by atoms with van der Waals surface area (Å²) >= 11 is 0. The molecule has 1 aliphatic heterocycles. The number of amides is 1. The fourth-order valence-corrected chi connectivity index (χ4v) is 3.03. The predicted octanol–water partition coefficient (Wildman–Crippen LogP) is 2.33. The number of benzene rings is 1.